The van der Waals surface area contributed by atoms with E-state index in [4.69, 9.17) is 0 Å². The summed E-state index contributed by atoms with van der Waals surface area (Å²) in [5.74, 6) is -0.549. The fourth-order valence-corrected chi connectivity index (χ4v) is 6.46. The third kappa shape index (κ3) is 4.58. The van der Waals surface area contributed by atoms with Crippen molar-refractivity contribution in [3.05, 3.63) is 65.7 Å². The van der Waals surface area contributed by atoms with E-state index in [1.165, 1.54) is 24.3 Å². The highest BCUT2D eigenvalue weighted by Crippen LogP contribution is 2.40. The average Bonchev–Trinajstić information content (AvgIpc) is 3.10. The van der Waals surface area contributed by atoms with Gasteiger partial charge in [0, 0.05) is 13.1 Å². The Hall–Kier alpha value is -1.66. The van der Waals surface area contributed by atoms with Gasteiger partial charge in [-0.1, -0.05) is 30.3 Å². The number of hydrogen-bond donors (Lipinski definition) is 1. The Morgan fingerprint density at radius 3 is 2.48 bits per heavy atom. The number of rotatable bonds is 5. The highest BCUT2D eigenvalue weighted by molar-refractivity contribution is 14.1. The number of nitrogens with one attached hydrogen (secondary N) is 1. The fraction of sp³-hybridized carbons (Fsp3) is 0.316. The number of sulfonamides is 1. The standard InChI is InChI=1S/C19H18F3IN2O3S/c20-19(21,22)15-7-4-6-14(12-15)13-24-17(26)18(23)10-5-11-25(18)29(27,28)16-8-2-1-3-9-16/h1-4,6-9,12H,5,10-11,13H2,(H,24,26). The van der Waals surface area contributed by atoms with Crippen LogP contribution in [0.2, 0.25) is 0 Å². The first kappa shape index (κ1) is 22.0. The van der Waals surface area contributed by atoms with Gasteiger partial charge in [-0.3, -0.25) is 4.79 Å². The minimum atomic E-state index is -4.48. The number of halogens is 4. The van der Waals surface area contributed by atoms with Gasteiger partial charge in [0.15, 0.2) is 3.55 Å². The number of carbonyl (C=O) groups is 1. The first-order chi connectivity index (χ1) is 13.5. The number of carbonyl (C=O) groups excluding carboxylic acids is 1. The summed E-state index contributed by atoms with van der Waals surface area (Å²) in [5, 5.41) is 2.59. The van der Waals surface area contributed by atoms with Crippen molar-refractivity contribution in [3.8, 4) is 0 Å². The maximum atomic E-state index is 13.0. The summed E-state index contributed by atoms with van der Waals surface area (Å²) < 4.78 is 64.4. The molecule has 156 valence electrons. The fourth-order valence-electron chi connectivity index (χ4n) is 3.19. The Balaban J connectivity index is 1.78. The third-order valence-electron chi connectivity index (χ3n) is 4.65. The number of amides is 1. The van der Waals surface area contributed by atoms with Crippen molar-refractivity contribution < 1.29 is 26.4 Å². The molecule has 5 nitrogen and oxygen atoms in total. The minimum absolute atomic E-state index is 0.0913. The molecule has 0 aliphatic carbocycles. The van der Waals surface area contributed by atoms with E-state index < -0.39 is 31.2 Å². The van der Waals surface area contributed by atoms with E-state index in [2.05, 4.69) is 5.32 Å². The quantitative estimate of drug-likeness (QED) is 0.357. The zero-order valence-corrected chi connectivity index (χ0v) is 18.1. The van der Waals surface area contributed by atoms with Crippen LogP contribution in [0.25, 0.3) is 0 Å². The van der Waals surface area contributed by atoms with Crippen LogP contribution in [0.4, 0.5) is 13.2 Å². The monoisotopic (exact) mass is 538 g/mol. The SMILES string of the molecule is O=C(NCc1cccc(C(F)(F)F)c1)C1(I)CCCN1S(=O)(=O)c1ccccc1. The van der Waals surface area contributed by atoms with Gasteiger partial charge in [-0.15, -0.1) is 0 Å². The molecule has 1 aliphatic heterocycles. The highest BCUT2D eigenvalue weighted by atomic mass is 127. The molecule has 0 aromatic heterocycles. The van der Waals surface area contributed by atoms with Crippen LogP contribution in [0, 0.1) is 0 Å². The number of nitrogens with zero attached hydrogens (tertiary/aromatic N) is 1. The molecule has 1 heterocycles. The largest absolute Gasteiger partial charge is 0.416 e. The Morgan fingerprint density at radius 1 is 1.14 bits per heavy atom. The Kier molecular flexibility index (Phi) is 6.25. The number of hydrogen-bond acceptors (Lipinski definition) is 3. The molecule has 1 unspecified atom stereocenters. The molecule has 10 heteroatoms. The summed E-state index contributed by atoms with van der Waals surface area (Å²) >= 11 is 1.82. The van der Waals surface area contributed by atoms with Crippen molar-refractivity contribution >= 4 is 38.5 Å². The molecule has 0 spiro atoms. The second kappa shape index (κ2) is 8.23. The van der Waals surface area contributed by atoms with Gasteiger partial charge in [-0.2, -0.15) is 17.5 Å². The summed E-state index contributed by atoms with van der Waals surface area (Å²) in [6.07, 6.45) is -3.66. The van der Waals surface area contributed by atoms with Gasteiger partial charge in [-0.05, 0) is 65.3 Å². The molecule has 2 aromatic carbocycles. The van der Waals surface area contributed by atoms with Crippen LogP contribution in [-0.4, -0.2) is 28.7 Å². The van der Waals surface area contributed by atoms with E-state index in [0.29, 0.717) is 12.8 Å². The molecule has 1 amide bonds. The average molecular weight is 538 g/mol. The molecule has 0 radical (unpaired) electrons. The van der Waals surface area contributed by atoms with Crippen LogP contribution in [0.3, 0.4) is 0 Å². The molecule has 1 aliphatic rings. The van der Waals surface area contributed by atoms with Crippen LogP contribution in [0.15, 0.2) is 59.5 Å². The van der Waals surface area contributed by atoms with Crippen LogP contribution < -0.4 is 5.32 Å². The lowest BCUT2D eigenvalue weighted by molar-refractivity contribution is -0.137. The molecule has 3 rings (SSSR count). The van der Waals surface area contributed by atoms with E-state index >= 15 is 0 Å². The van der Waals surface area contributed by atoms with Gasteiger partial charge >= 0.3 is 6.18 Å². The summed E-state index contributed by atoms with van der Waals surface area (Å²) in [6, 6.07) is 12.5. The van der Waals surface area contributed by atoms with Crippen LogP contribution in [0.5, 0.6) is 0 Å². The van der Waals surface area contributed by atoms with E-state index in [0.717, 1.165) is 16.4 Å². The van der Waals surface area contributed by atoms with Crippen LogP contribution in [-0.2, 0) is 27.5 Å². The second-order valence-corrected chi connectivity index (χ2v) is 10.3. The van der Waals surface area contributed by atoms with E-state index in [-0.39, 0.29) is 23.5 Å². The molecule has 2 aromatic rings. The van der Waals surface area contributed by atoms with Gasteiger partial charge in [0.25, 0.3) is 5.91 Å². The van der Waals surface area contributed by atoms with Crippen LogP contribution in [0.1, 0.15) is 24.0 Å². The minimum Gasteiger partial charge on any atom is -0.350 e. The first-order valence-corrected chi connectivity index (χ1v) is 11.3. The highest BCUT2D eigenvalue weighted by Gasteiger charge is 2.51. The maximum absolute atomic E-state index is 13.0. The lowest BCUT2D eigenvalue weighted by Crippen LogP contribution is -2.52. The predicted octanol–water partition coefficient (Wildman–Crippen LogP) is 3.94. The van der Waals surface area contributed by atoms with Crippen LogP contribution >= 0.6 is 22.6 Å². The second-order valence-electron chi connectivity index (χ2n) is 6.63. The molecule has 0 saturated carbocycles. The third-order valence-corrected chi connectivity index (χ3v) is 8.53. The lowest BCUT2D eigenvalue weighted by Gasteiger charge is -2.31. The molecule has 1 N–H and O–H groups in total. The zero-order valence-electron chi connectivity index (χ0n) is 15.1. The number of alkyl halides is 4. The molecule has 1 saturated heterocycles. The summed E-state index contributed by atoms with van der Waals surface area (Å²) in [5.41, 5.74) is -0.522. The molecule has 1 fully saturated rings. The van der Waals surface area contributed by atoms with Gasteiger partial charge in [0.2, 0.25) is 10.0 Å². The predicted molar refractivity (Wildman–Crippen MR) is 110 cm³/mol. The molecule has 29 heavy (non-hydrogen) atoms. The van der Waals surface area contributed by atoms with E-state index in [1.807, 2.05) is 22.6 Å². The van der Waals surface area contributed by atoms with Crippen molar-refractivity contribution in [1.82, 2.24) is 9.62 Å². The Labute approximate surface area is 180 Å². The Bertz CT molecular complexity index is 999. The first-order valence-electron chi connectivity index (χ1n) is 8.76. The van der Waals surface area contributed by atoms with Crippen molar-refractivity contribution in [3.63, 3.8) is 0 Å². The van der Waals surface area contributed by atoms with Gasteiger partial charge in [0.05, 0.1) is 10.5 Å². The number of benzene rings is 2. The smallest absolute Gasteiger partial charge is 0.350 e. The van der Waals surface area contributed by atoms with Gasteiger partial charge < -0.3 is 5.32 Å². The summed E-state index contributed by atoms with van der Waals surface area (Å²) in [6.45, 7) is 0.0594. The summed E-state index contributed by atoms with van der Waals surface area (Å²) in [4.78, 5) is 13.0. The molecule has 0 bridgehead atoms. The molecular weight excluding hydrogens is 520 g/mol. The lowest BCUT2D eigenvalue weighted by atomic mass is 10.1. The maximum Gasteiger partial charge on any atom is 0.416 e. The molecule has 1 atom stereocenters. The summed E-state index contributed by atoms with van der Waals surface area (Å²) in [7, 11) is -3.88. The van der Waals surface area contributed by atoms with Gasteiger partial charge in [-0.25, -0.2) is 8.42 Å². The van der Waals surface area contributed by atoms with Crippen molar-refractivity contribution in [2.24, 2.45) is 0 Å². The van der Waals surface area contributed by atoms with E-state index in [9.17, 15) is 26.4 Å². The van der Waals surface area contributed by atoms with Crippen molar-refractivity contribution in [2.75, 3.05) is 6.54 Å². The Morgan fingerprint density at radius 2 is 1.83 bits per heavy atom. The topological polar surface area (TPSA) is 66.5 Å². The normalized spacial score (nSPS) is 20.6. The zero-order chi connectivity index (χ0) is 21.3. The van der Waals surface area contributed by atoms with E-state index in [1.54, 1.807) is 18.2 Å². The molecular formula is C19H18F3IN2O3S. The van der Waals surface area contributed by atoms with Crippen molar-refractivity contribution in [1.29, 1.82) is 0 Å². The van der Waals surface area contributed by atoms with Gasteiger partial charge in [0.1, 0.15) is 0 Å². The van der Waals surface area contributed by atoms with Crippen molar-refractivity contribution in [2.45, 2.75) is 34.0 Å².